The van der Waals surface area contributed by atoms with Crippen molar-refractivity contribution >= 4 is 39.3 Å². The molecule has 3 rings (SSSR count). The maximum atomic E-state index is 12.3. The van der Waals surface area contributed by atoms with E-state index >= 15 is 0 Å². The standard InChI is InChI=1S/C17H17BrN4O3S/c1-3-24-12-7-5-4-6-11(12)19-15(23)10-26-17-21-20-16(22(17)2)13-8-9-14(18)25-13/h4-9H,3,10H2,1-2H3,(H,19,23). The molecule has 9 heteroatoms. The molecule has 1 aromatic carbocycles. The zero-order chi connectivity index (χ0) is 18.5. The zero-order valence-corrected chi connectivity index (χ0v) is 16.6. The number of hydrogen-bond donors (Lipinski definition) is 1. The van der Waals surface area contributed by atoms with Crippen LogP contribution >= 0.6 is 27.7 Å². The van der Waals surface area contributed by atoms with Crippen LogP contribution in [0.25, 0.3) is 11.6 Å². The summed E-state index contributed by atoms with van der Waals surface area (Å²) in [5.74, 6) is 1.91. The minimum atomic E-state index is -0.146. The topological polar surface area (TPSA) is 82.2 Å². The first-order valence-corrected chi connectivity index (χ1v) is 9.66. The number of nitrogens with one attached hydrogen (secondary N) is 1. The van der Waals surface area contributed by atoms with E-state index in [0.29, 0.717) is 39.5 Å². The summed E-state index contributed by atoms with van der Waals surface area (Å²) in [5.41, 5.74) is 0.652. The highest BCUT2D eigenvalue weighted by molar-refractivity contribution is 9.10. The number of halogens is 1. The van der Waals surface area contributed by atoms with E-state index in [0.717, 1.165) is 0 Å². The summed E-state index contributed by atoms with van der Waals surface area (Å²) < 4.78 is 13.4. The van der Waals surface area contributed by atoms with Gasteiger partial charge in [-0.15, -0.1) is 10.2 Å². The fourth-order valence-corrected chi connectivity index (χ4v) is 3.27. The van der Waals surface area contributed by atoms with Gasteiger partial charge < -0.3 is 19.0 Å². The number of amides is 1. The van der Waals surface area contributed by atoms with Gasteiger partial charge in [-0.3, -0.25) is 4.79 Å². The lowest BCUT2D eigenvalue weighted by Crippen LogP contribution is -2.15. The fraction of sp³-hybridized carbons (Fsp3) is 0.235. The molecule has 3 aromatic rings. The Morgan fingerprint density at radius 1 is 1.31 bits per heavy atom. The van der Waals surface area contributed by atoms with Crippen molar-refractivity contribution in [3.63, 3.8) is 0 Å². The normalized spacial score (nSPS) is 10.7. The van der Waals surface area contributed by atoms with Crippen molar-refractivity contribution in [3.8, 4) is 17.3 Å². The van der Waals surface area contributed by atoms with Crippen LogP contribution in [0.5, 0.6) is 5.75 Å². The molecule has 2 heterocycles. The number of anilines is 1. The molecule has 0 saturated heterocycles. The number of para-hydroxylation sites is 2. The van der Waals surface area contributed by atoms with Crippen molar-refractivity contribution in [3.05, 3.63) is 41.1 Å². The Hall–Kier alpha value is -2.26. The zero-order valence-electron chi connectivity index (χ0n) is 14.2. The highest BCUT2D eigenvalue weighted by Gasteiger charge is 2.16. The molecule has 1 amide bonds. The van der Waals surface area contributed by atoms with Crippen LogP contribution in [0.15, 0.2) is 50.6 Å². The third-order valence-electron chi connectivity index (χ3n) is 3.42. The molecule has 1 N–H and O–H groups in total. The molecule has 7 nitrogen and oxygen atoms in total. The second kappa shape index (κ2) is 8.41. The lowest BCUT2D eigenvalue weighted by molar-refractivity contribution is -0.113. The number of nitrogens with zero attached hydrogens (tertiary/aromatic N) is 3. The summed E-state index contributed by atoms with van der Waals surface area (Å²) in [4.78, 5) is 12.3. The monoisotopic (exact) mass is 436 g/mol. The van der Waals surface area contributed by atoms with Crippen molar-refractivity contribution in [1.82, 2.24) is 14.8 Å². The van der Waals surface area contributed by atoms with E-state index in [1.165, 1.54) is 11.8 Å². The molecule has 0 fully saturated rings. The van der Waals surface area contributed by atoms with Crippen LogP contribution in [0.2, 0.25) is 0 Å². The third kappa shape index (κ3) is 4.28. The van der Waals surface area contributed by atoms with E-state index in [1.54, 1.807) is 16.7 Å². The van der Waals surface area contributed by atoms with Crippen molar-refractivity contribution in [2.45, 2.75) is 12.1 Å². The summed E-state index contributed by atoms with van der Waals surface area (Å²) in [6, 6.07) is 10.9. The van der Waals surface area contributed by atoms with Crippen molar-refractivity contribution < 1.29 is 13.9 Å². The van der Waals surface area contributed by atoms with Gasteiger partial charge in [-0.1, -0.05) is 23.9 Å². The number of hydrogen-bond acceptors (Lipinski definition) is 6. The first-order valence-electron chi connectivity index (χ1n) is 7.88. The second-order valence-corrected chi connectivity index (χ2v) is 6.96. The van der Waals surface area contributed by atoms with Gasteiger partial charge >= 0.3 is 0 Å². The van der Waals surface area contributed by atoms with E-state index in [4.69, 9.17) is 9.15 Å². The van der Waals surface area contributed by atoms with Gasteiger partial charge in [0.25, 0.3) is 0 Å². The van der Waals surface area contributed by atoms with Crippen LogP contribution in [0.3, 0.4) is 0 Å². The number of furan rings is 1. The molecule has 0 saturated carbocycles. The highest BCUT2D eigenvalue weighted by atomic mass is 79.9. The number of carbonyl (C=O) groups excluding carboxylic acids is 1. The minimum absolute atomic E-state index is 0.146. The van der Waals surface area contributed by atoms with E-state index in [2.05, 4.69) is 31.4 Å². The SMILES string of the molecule is CCOc1ccccc1NC(=O)CSc1nnc(-c2ccc(Br)o2)n1C. The van der Waals surface area contributed by atoms with Crippen LogP contribution in [0, 0.1) is 0 Å². The molecule has 0 bridgehead atoms. The molecule has 0 unspecified atom stereocenters. The van der Waals surface area contributed by atoms with Gasteiger partial charge in [-0.05, 0) is 47.1 Å². The summed E-state index contributed by atoms with van der Waals surface area (Å²) in [6.07, 6.45) is 0. The van der Waals surface area contributed by atoms with E-state index in [1.807, 2.05) is 38.2 Å². The molecular formula is C17H17BrN4O3S. The highest BCUT2D eigenvalue weighted by Crippen LogP contribution is 2.27. The van der Waals surface area contributed by atoms with Gasteiger partial charge in [0.15, 0.2) is 21.4 Å². The van der Waals surface area contributed by atoms with Gasteiger partial charge in [0.2, 0.25) is 5.91 Å². The molecule has 0 aliphatic carbocycles. The van der Waals surface area contributed by atoms with Gasteiger partial charge in [-0.2, -0.15) is 0 Å². The third-order valence-corrected chi connectivity index (χ3v) is 4.87. The number of carbonyl (C=O) groups is 1. The van der Waals surface area contributed by atoms with Crippen molar-refractivity contribution in [2.75, 3.05) is 17.7 Å². The molecular weight excluding hydrogens is 420 g/mol. The predicted octanol–water partition coefficient (Wildman–Crippen LogP) is 3.97. The first kappa shape index (κ1) is 18.5. The lowest BCUT2D eigenvalue weighted by Gasteiger charge is -2.10. The number of benzene rings is 1. The largest absolute Gasteiger partial charge is 0.492 e. The van der Waals surface area contributed by atoms with Crippen LogP contribution in [0.4, 0.5) is 5.69 Å². The van der Waals surface area contributed by atoms with E-state index in [-0.39, 0.29) is 11.7 Å². The Labute approximate surface area is 163 Å². The van der Waals surface area contributed by atoms with Gasteiger partial charge in [-0.25, -0.2) is 0 Å². The molecule has 2 aromatic heterocycles. The average molecular weight is 437 g/mol. The van der Waals surface area contributed by atoms with Crippen molar-refractivity contribution in [2.24, 2.45) is 7.05 Å². The Bertz CT molecular complexity index is 909. The lowest BCUT2D eigenvalue weighted by atomic mass is 10.3. The van der Waals surface area contributed by atoms with Gasteiger partial charge in [0.05, 0.1) is 18.0 Å². The molecule has 0 aliphatic rings. The van der Waals surface area contributed by atoms with Gasteiger partial charge in [0, 0.05) is 7.05 Å². The van der Waals surface area contributed by atoms with Crippen LogP contribution < -0.4 is 10.1 Å². The number of ether oxygens (including phenoxy) is 1. The van der Waals surface area contributed by atoms with Crippen LogP contribution in [-0.4, -0.2) is 33.0 Å². The number of rotatable bonds is 7. The molecule has 26 heavy (non-hydrogen) atoms. The Morgan fingerprint density at radius 3 is 2.85 bits per heavy atom. The predicted molar refractivity (Wildman–Crippen MR) is 103 cm³/mol. The maximum absolute atomic E-state index is 12.3. The number of aromatic nitrogens is 3. The van der Waals surface area contributed by atoms with E-state index in [9.17, 15) is 4.79 Å². The smallest absolute Gasteiger partial charge is 0.234 e. The summed E-state index contributed by atoms with van der Waals surface area (Å²) in [7, 11) is 1.83. The summed E-state index contributed by atoms with van der Waals surface area (Å²) in [5, 5.41) is 11.7. The van der Waals surface area contributed by atoms with Crippen molar-refractivity contribution in [1.29, 1.82) is 0 Å². The number of thioether (sulfide) groups is 1. The quantitative estimate of drug-likeness (QED) is 0.564. The first-order chi connectivity index (χ1) is 12.6. The summed E-state index contributed by atoms with van der Waals surface area (Å²) in [6.45, 7) is 2.43. The second-order valence-electron chi connectivity index (χ2n) is 5.23. The molecule has 136 valence electrons. The minimum Gasteiger partial charge on any atom is -0.492 e. The Balaban J connectivity index is 1.63. The molecule has 0 aliphatic heterocycles. The fourth-order valence-electron chi connectivity index (χ4n) is 2.26. The average Bonchev–Trinajstić information content (AvgIpc) is 3.20. The molecule has 0 radical (unpaired) electrons. The molecule has 0 atom stereocenters. The van der Waals surface area contributed by atoms with E-state index < -0.39 is 0 Å². The summed E-state index contributed by atoms with van der Waals surface area (Å²) >= 11 is 4.57. The van der Waals surface area contributed by atoms with Crippen LogP contribution in [0.1, 0.15) is 6.92 Å². The van der Waals surface area contributed by atoms with Gasteiger partial charge in [0.1, 0.15) is 5.75 Å². The maximum Gasteiger partial charge on any atom is 0.234 e. The van der Waals surface area contributed by atoms with Crippen LogP contribution in [-0.2, 0) is 11.8 Å². The Kier molecular flexibility index (Phi) is 6.00. The molecule has 0 spiro atoms. The Morgan fingerprint density at radius 2 is 2.12 bits per heavy atom.